The Bertz CT molecular complexity index is 1250. The number of carbonyl (C=O) groups is 2. The maximum absolute atomic E-state index is 13.9. The smallest absolute Gasteiger partial charge is 0.306 e. The maximum Gasteiger partial charge on any atom is 0.306 e. The second-order valence-corrected chi connectivity index (χ2v) is 12.8. The zero-order chi connectivity index (χ0) is 27.4. The average Bonchev–Trinajstić information content (AvgIpc) is 2.89. The summed E-state index contributed by atoms with van der Waals surface area (Å²) in [5.74, 6) is -1.99. The number of sulfone groups is 1. The first-order valence-electron chi connectivity index (χ1n) is 12.6. The van der Waals surface area contributed by atoms with Crippen molar-refractivity contribution in [1.82, 2.24) is 4.90 Å². The van der Waals surface area contributed by atoms with Crippen LogP contribution < -0.4 is 0 Å². The first kappa shape index (κ1) is 28.8. The lowest BCUT2D eigenvalue weighted by molar-refractivity contribution is -0.182. The molecule has 0 spiro atoms. The molecule has 0 bridgehead atoms. The van der Waals surface area contributed by atoms with E-state index in [1.54, 1.807) is 48.5 Å². The summed E-state index contributed by atoms with van der Waals surface area (Å²) in [7, 11) is -3.58. The van der Waals surface area contributed by atoms with E-state index < -0.39 is 57.7 Å². The van der Waals surface area contributed by atoms with Gasteiger partial charge in [-0.1, -0.05) is 54.4 Å². The van der Waals surface area contributed by atoms with Crippen LogP contribution >= 0.6 is 23.2 Å². The van der Waals surface area contributed by atoms with Gasteiger partial charge in [0.1, 0.15) is 12.2 Å². The third-order valence-corrected chi connectivity index (χ3v) is 9.97. The summed E-state index contributed by atoms with van der Waals surface area (Å²) < 4.78 is 38.5. The minimum atomic E-state index is -3.58. The molecule has 0 unspecified atom stereocenters. The van der Waals surface area contributed by atoms with Crippen LogP contribution in [-0.4, -0.2) is 66.7 Å². The van der Waals surface area contributed by atoms with Crippen LogP contribution in [0.1, 0.15) is 55.9 Å². The summed E-state index contributed by atoms with van der Waals surface area (Å²) >= 11 is 12.4. The highest BCUT2D eigenvalue weighted by Crippen LogP contribution is 2.45. The third-order valence-electron chi connectivity index (χ3n) is 7.14. The molecule has 4 atom stereocenters. The lowest BCUT2D eigenvalue weighted by Gasteiger charge is -2.48. The quantitative estimate of drug-likeness (QED) is 0.449. The van der Waals surface area contributed by atoms with Gasteiger partial charge in [0.2, 0.25) is 0 Å². The largest absolute Gasteiger partial charge is 0.481 e. The summed E-state index contributed by atoms with van der Waals surface area (Å²) in [6.07, 6.45) is -1.48. The molecule has 2 saturated heterocycles. The van der Waals surface area contributed by atoms with Crippen molar-refractivity contribution in [3.63, 3.8) is 0 Å². The van der Waals surface area contributed by atoms with Gasteiger partial charge >= 0.3 is 5.97 Å². The summed E-state index contributed by atoms with van der Waals surface area (Å²) in [6.45, 7) is 2.58. The number of halogens is 2. The van der Waals surface area contributed by atoms with Gasteiger partial charge < -0.3 is 19.5 Å². The fraction of sp³-hybridized carbons (Fsp3) is 0.481. The second-order valence-electron chi connectivity index (χ2n) is 9.64. The zero-order valence-corrected chi connectivity index (χ0v) is 23.3. The summed E-state index contributed by atoms with van der Waals surface area (Å²) in [5, 5.41) is 9.95. The predicted octanol–water partition coefficient (Wildman–Crippen LogP) is 4.85. The number of morpholine rings is 1. The van der Waals surface area contributed by atoms with Gasteiger partial charge in [-0.05, 0) is 54.7 Å². The van der Waals surface area contributed by atoms with Crippen molar-refractivity contribution in [1.29, 1.82) is 0 Å². The number of aliphatic carboxylic acids is 1. The van der Waals surface area contributed by atoms with Crippen molar-refractivity contribution in [2.24, 2.45) is 0 Å². The Kier molecular flexibility index (Phi) is 9.36. The molecule has 1 N–H and O–H groups in total. The lowest BCUT2D eigenvalue weighted by Crippen LogP contribution is -2.57. The van der Waals surface area contributed by atoms with Crippen LogP contribution in [0, 0.1) is 0 Å². The van der Waals surface area contributed by atoms with Crippen molar-refractivity contribution in [3.8, 4) is 0 Å². The van der Waals surface area contributed by atoms with Crippen LogP contribution in [0.15, 0.2) is 48.5 Å². The first-order chi connectivity index (χ1) is 18.1. The van der Waals surface area contributed by atoms with Crippen LogP contribution in [0.2, 0.25) is 10.0 Å². The SMILES string of the molecule is CC[C@@H](CS(=O)(=O)C1CCOCC1)N1C(=O)[C@@H](CC(=O)O)O[C@H](c2cccc(Cl)c2)[C@H]1c1ccc(Cl)cc1. The van der Waals surface area contributed by atoms with Gasteiger partial charge in [0.15, 0.2) is 9.84 Å². The van der Waals surface area contributed by atoms with E-state index in [0.717, 1.165) is 0 Å². The highest BCUT2D eigenvalue weighted by molar-refractivity contribution is 7.92. The minimum Gasteiger partial charge on any atom is -0.481 e. The third kappa shape index (κ3) is 6.51. The Hall–Kier alpha value is -2.17. The normalized spacial score (nSPS) is 23.8. The molecule has 0 aromatic heterocycles. The van der Waals surface area contributed by atoms with Crippen molar-refractivity contribution in [2.45, 2.75) is 62.1 Å². The summed E-state index contributed by atoms with van der Waals surface area (Å²) in [5.41, 5.74) is 1.33. The van der Waals surface area contributed by atoms with Gasteiger partial charge in [0.25, 0.3) is 5.91 Å². The molecular formula is C27H31Cl2NO7S. The number of benzene rings is 2. The fourth-order valence-electron chi connectivity index (χ4n) is 5.23. The number of hydrogen-bond acceptors (Lipinski definition) is 6. The molecular weight excluding hydrogens is 553 g/mol. The number of hydrogen-bond donors (Lipinski definition) is 1. The molecule has 0 radical (unpaired) electrons. The van der Waals surface area contributed by atoms with Crippen molar-refractivity contribution in [2.75, 3.05) is 19.0 Å². The van der Waals surface area contributed by atoms with Gasteiger partial charge in [-0.3, -0.25) is 9.59 Å². The van der Waals surface area contributed by atoms with Gasteiger partial charge in [0, 0.05) is 29.3 Å². The van der Waals surface area contributed by atoms with E-state index in [0.29, 0.717) is 53.6 Å². The topological polar surface area (TPSA) is 110 Å². The van der Waals surface area contributed by atoms with Crippen molar-refractivity contribution in [3.05, 3.63) is 69.7 Å². The number of amides is 1. The molecule has 2 fully saturated rings. The van der Waals surface area contributed by atoms with E-state index in [9.17, 15) is 23.1 Å². The van der Waals surface area contributed by atoms with E-state index in [4.69, 9.17) is 32.7 Å². The van der Waals surface area contributed by atoms with Gasteiger partial charge in [0.05, 0.1) is 23.5 Å². The predicted molar refractivity (Wildman–Crippen MR) is 144 cm³/mol. The molecule has 206 valence electrons. The van der Waals surface area contributed by atoms with Crippen molar-refractivity contribution >= 4 is 44.9 Å². The summed E-state index contributed by atoms with van der Waals surface area (Å²) in [4.78, 5) is 27.1. The second kappa shape index (κ2) is 12.3. The molecule has 4 rings (SSSR count). The van der Waals surface area contributed by atoms with E-state index >= 15 is 0 Å². The standard InChI is InChI=1S/C27H31Cl2NO7S/c1-2-21(16-38(34,35)22-10-12-36-13-11-22)30-25(17-6-8-19(28)9-7-17)26(18-4-3-5-20(29)14-18)37-23(27(30)33)15-24(31)32/h3-9,14,21-23,25-26H,2,10-13,15-16H2,1H3,(H,31,32)/t21-,23+,25+,26+/m0/s1. The first-order valence-corrected chi connectivity index (χ1v) is 15.1. The molecule has 0 aliphatic carbocycles. The molecule has 2 aromatic carbocycles. The Morgan fingerprint density at radius 2 is 1.76 bits per heavy atom. The number of carboxylic acid groups (broad SMARTS) is 1. The molecule has 2 aliphatic rings. The number of nitrogens with zero attached hydrogens (tertiary/aromatic N) is 1. The van der Waals surface area contributed by atoms with Crippen LogP contribution in [0.5, 0.6) is 0 Å². The van der Waals surface area contributed by atoms with Crippen LogP contribution in [0.3, 0.4) is 0 Å². The molecule has 1 amide bonds. The lowest BCUT2D eigenvalue weighted by atomic mass is 9.89. The summed E-state index contributed by atoms with van der Waals surface area (Å²) in [6, 6.07) is 12.4. The Balaban J connectivity index is 1.81. The van der Waals surface area contributed by atoms with E-state index in [-0.39, 0.29) is 5.75 Å². The average molecular weight is 585 g/mol. The molecule has 2 heterocycles. The zero-order valence-electron chi connectivity index (χ0n) is 21.0. The maximum atomic E-state index is 13.9. The van der Waals surface area contributed by atoms with E-state index in [1.807, 2.05) is 6.92 Å². The number of ether oxygens (including phenoxy) is 2. The molecule has 8 nitrogen and oxygen atoms in total. The monoisotopic (exact) mass is 583 g/mol. The van der Waals surface area contributed by atoms with Gasteiger partial charge in [-0.15, -0.1) is 0 Å². The molecule has 0 saturated carbocycles. The Morgan fingerprint density at radius 3 is 2.37 bits per heavy atom. The van der Waals surface area contributed by atoms with Gasteiger partial charge in [-0.25, -0.2) is 8.42 Å². The van der Waals surface area contributed by atoms with Crippen LogP contribution in [0.4, 0.5) is 0 Å². The van der Waals surface area contributed by atoms with E-state index in [1.165, 1.54) is 4.90 Å². The Morgan fingerprint density at radius 1 is 1.08 bits per heavy atom. The van der Waals surface area contributed by atoms with E-state index in [2.05, 4.69) is 0 Å². The Labute approximate surface area is 232 Å². The van der Waals surface area contributed by atoms with Crippen LogP contribution in [-0.2, 0) is 28.9 Å². The molecule has 2 aliphatic heterocycles. The van der Waals surface area contributed by atoms with Gasteiger partial charge in [-0.2, -0.15) is 0 Å². The number of rotatable bonds is 9. The molecule has 38 heavy (non-hydrogen) atoms. The van der Waals surface area contributed by atoms with Crippen molar-refractivity contribution < 1.29 is 32.6 Å². The number of carbonyl (C=O) groups excluding carboxylic acids is 1. The highest BCUT2D eigenvalue weighted by atomic mass is 35.5. The highest BCUT2D eigenvalue weighted by Gasteiger charge is 2.48. The van der Waals surface area contributed by atoms with Crippen LogP contribution in [0.25, 0.3) is 0 Å². The molecule has 2 aromatic rings. The molecule has 11 heteroatoms. The fourth-order valence-corrected chi connectivity index (χ4v) is 7.67. The minimum absolute atomic E-state index is 0.244. The number of carboxylic acids is 1.